The smallest absolute Gasteiger partial charge is 0.239 e. The van der Waals surface area contributed by atoms with Gasteiger partial charge in [-0.05, 0) is 38.0 Å². The summed E-state index contributed by atoms with van der Waals surface area (Å²) in [6.07, 6.45) is 0.345. The van der Waals surface area contributed by atoms with Gasteiger partial charge in [0.15, 0.2) is 0 Å². The number of phenolic OH excluding ortho intramolecular Hbond substituents is 1. The lowest BCUT2D eigenvalue weighted by molar-refractivity contribution is -0.127. The normalized spacial score (nSPS) is 12.0. The van der Waals surface area contributed by atoms with Crippen molar-refractivity contribution in [2.75, 3.05) is 6.54 Å². The maximum absolute atomic E-state index is 11.7. The van der Waals surface area contributed by atoms with Gasteiger partial charge in [0.05, 0.1) is 12.6 Å². The first kappa shape index (κ1) is 16.0. The summed E-state index contributed by atoms with van der Waals surface area (Å²) >= 11 is 0. The number of phenols is 1. The van der Waals surface area contributed by atoms with E-state index in [0.717, 1.165) is 5.56 Å². The zero-order chi connectivity index (χ0) is 15.1. The second-order valence-corrected chi connectivity index (χ2v) is 4.92. The summed E-state index contributed by atoms with van der Waals surface area (Å²) in [5.41, 5.74) is 6.61. The van der Waals surface area contributed by atoms with Crippen LogP contribution in [0.5, 0.6) is 5.75 Å². The van der Waals surface area contributed by atoms with Gasteiger partial charge in [-0.2, -0.15) is 0 Å². The van der Waals surface area contributed by atoms with E-state index in [4.69, 9.17) is 10.8 Å². The van der Waals surface area contributed by atoms with Crippen molar-refractivity contribution in [3.8, 4) is 5.75 Å². The Kier molecular flexibility index (Phi) is 5.99. The van der Waals surface area contributed by atoms with Crippen molar-refractivity contribution in [2.45, 2.75) is 32.4 Å². The first-order valence-electron chi connectivity index (χ1n) is 6.49. The van der Waals surface area contributed by atoms with Gasteiger partial charge in [0.25, 0.3) is 0 Å². The summed E-state index contributed by atoms with van der Waals surface area (Å²) in [5.74, 6) is -0.459. The summed E-state index contributed by atoms with van der Waals surface area (Å²) in [6.45, 7) is 3.60. The number of nitrogens with one attached hydrogen (secondary N) is 2. The fourth-order valence-electron chi connectivity index (χ4n) is 1.65. The van der Waals surface area contributed by atoms with E-state index in [1.165, 1.54) is 12.1 Å². The topological polar surface area (TPSA) is 104 Å². The third-order valence-electron chi connectivity index (χ3n) is 2.60. The number of amides is 2. The predicted molar refractivity (Wildman–Crippen MR) is 76.1 cm³/mol. The molecule has 1 unspecified atom stereocenters. The molecule has 0 aliphatic heterocycles. The molecular weight excluding hydrogens is 258 g/mol. The largest absolute Gasteiger partial charge is 0.508 e. The monoisotopic (exact) mass is 279 g/mol. The molecule has 0 heterocycles. The number of hydrogen-bond acceptors (Lipinski definition) is 4. The number of aromatic hydroxyl groups is 1. The van der Waals surface area contributed by atoms with Gasteiger partial charge >= 0.3 is 0 Å². The molecule has 0 aliphatic carbocycles. The minimum atomic E-state index is -0.730. The molecule has 1 aromatic carbocycles. The first-order chi connectivity index (χ1) is 9.38. The van der Waals surface area contributed by atoms with Crippen LogP contribution in [0.15, 0.2) is 24.3 Å². The van der Waals surface area contributed by atoms with Crippen LogP contribution in [-0.4, -0.2) is 35.5 Å². The van der Waals surface area contributed by atoms with Gasteiger partial charge in [-0.25, -0.2) is 0 Å². The number of carbonyl (C=O) groups excluding carboxylic acids is 2. The Hall–Kier alpha value is -2.08. The minimum absolute atomic E-state index is 0.0325. The molecule has 0 spiro atoms. The third kappa shape index (κ3) is 5.71. The van der Waals surface area contributed by atoms with Crippen molar-refractivity contribution in [3.63, 3.8) is 0 Å². The van der Waals surface area contributed by atoms with E-state index in [0.29, 0.717) is 6.42 Å². The van der Waals surface area contributed by atoms with E-state index in [9.17, 15) is 9.59 Å². The maximum atomic E-state index is 11.7. The van der Waals surface area contributed by atoms with Crippen LogP contribution in [0.25, 0.3) is 0 Å². The van der Waals surface area contributed by atoms with Gasteiger partial charge < -0.3 is 21.5 Å². The van der Waals surface area contributed by atoms with E-state index in [2.05, 4.69) is 10.6 Å². The Morgan fingerprint density at radius 2 is 1.85 bits per heavy atom. The first-order valence-corrected chi connectivity index (χ1v) is 6.49. The average Bonchev–Trinajstić information content (AvgIpc) is 2.37. The molecule has 0 radical (unpaired) electrons. The lowest BCUT2D eigenvalue weighted by atomic mass is 10.1. The molecule has 2 amide bonds. The van der Waals surface area contributed by atoms with Crippen LogP contribution in [0, 0.1) is 0 Å². The molecule has 1 aromatic rings. The summed E-state index contributed by atoms with van der Waals surface area (Å²) in [6, 6.07) is 5.78. The van der Waals surface area contributed by atoms with E-state index >= 15 is 0 Å². The van der Waals surface area contributed by atoms with Gasteiger partial charge in [-0.15, -0.1) is 0 Å². The van der Waals surface area contributed by atoms with Crippen LogP contribution >= 0.6 is 0 Å². The van der Waals surface area contributed by atoms with Crippen LogP contribution in [0.1, 0.15) is 19.4 Å². The number of hydrogen-bond donors (Lipinski definition) is 4. The highest BCUT2D eigenvalue weighted by Gasteiger charge is 2.15. The summed E-state index contributed by atoms with van der Waals surface area (Å²) in [4.78, 5) is 23.1. The van der Waals surface area contributed by atoms with Crippen molar-refractivity contribution in [1.29, 1.82) is 0 Å². The Labute approximate surface area is 118 Å². The van der Waals surface area contributed by atoms with Crippen molar-refractivity contribution >= 4 is 11.8 Å². The highest BCUT2D eigenvalue weighted by atomic mass is 16.3. The Bertz CT molecular complexity index is 457. The lowest BCUT2D eigenvalue weighted by Gasteiger charge is -2.13. The van der Waals surface area contributed by atoms with Gasteiger partial charge in [-0.1, -0.05) is 12.1 Å². The molecule has 0 aliphatic rings. The molecule has 1 atom stereocenters. The quantitative estimate of drug-likeness (QED) is 0.584. The van der Waals surface area contributed by atoms with Crippen LogP contribution in [0.2, 0.25) is 0 Å². The molecule has 6 heteroatoms. The second kappa shape index (κ2) is 7.49. The van der Waals surface area contributed by atoms with E-state index in [-0.39, 0.29) is 30.2 Å². The Balaban J connectivity index is 2.39. The second-order valence-electron chi connectivity index (χ2n) is 4.92. The SMILES string of the molecule is CC(C)NC(=O)CNC(=O)C(N)Cc1ccc(O)cc1. The van der Waals surface area contributed by atoms with Crippen LogP contribution in [0.3, 0.4) is 0 Å². The molecule has 0 saturated carbocycles. The van der Waals surface area contributed by atoms with E-state index < -0.39 is 6.04 Å². The van der Waals surface area contributed by atoms with Crippen LogP contribution in [0.4, 0.5) is 0 Å². The van der Waals surface area contributed by atoms with Gasteiger partial charge in [-0.3, -0.25) is 9.59 Å². The van der Waals surface area contributed by atoms with Crippen LogP contribution < -0.4 is 16.4 Å². The number of nitrogens with two attached hydrogens (primary N) is 1. The zero-order valence-electron chi connectivity index (χ0n) is 11.7. The van der Waals surface area contributed by atoms with Crippen LogP contribution in [-0.2, 0) is 16.0 Å². The van der Waals surface area contributed by atoms with Crippen molar-refractivity contribution < 1.29 is 14.7 Å². The lowest BCUT2D eigenvalue weighted by Crippen LogP contribution is -2.46. The number of rotatable bonds is 6. The molecule has 0 saturated heterocycles. The van der Waals surface area contributed by atoms with Gasteiger partial charge in [0, 0.05) is 6.04 Å². The molecule has 5 N–H and O–H groups in total. The molecule has 20 heavy (non-hydrogen) atoms. The third-order valence-corrected chi connectivity index (χ3v) is 2.60. The highest BCUT2D eigenvalue weighted by Crippen LogP contribution is 2.10. The van der Waals surface area contributed by atoms with Crippen molar-refractivity contribution in [1.82, 2.24) is 10.6 Å². The average molecular weight is 279 g/mol. The van der Waals surface area contributed by atoms with E-state index in [1.54, 1.807) is 12.1 Å². The molecule has 1 rings (SSSR count). The summed E-state index contributed by atoms with van der Waals surface area (Å²) < 4.78 is 0. The standard InChI is InChI=1S/C14H21N3O3/c1-9(2)17-13(19)8-16-14(20)12(15)7-10-3-5-11(18)6-4-10/h3-6,9,12,18H,7-8,15H2,1-2H3,(H,16,20)(H,17,19). The van der Waals surface area contributed by atoms with Crippen molar-refractivity contribution in [3.05, 3.63) is 29.8 Å². The molecular formula is C14H21N3O3. The molecule has 0 bridgehead atoms. The van der Waals surface area contributed by atoms with Gasteiger partial charge in [0.1, 0.15) is 5.75 Å². The summed E-state index contributed by atoms with van der Waals surface area (Å²) in [7, 11) is 0. The number of carbonyl (C=O) groups is 2. The fraction of sp³-hybridized carbons (Fsp3) is 0.429. The maximum Gasteiger partial charge on any atom is 0.239 e. The molecule has 110 valence electrons. The van der Waals surface area contributed by atoms with E-state index in [1.807, 2.05) is 13.8 Å². The molecule has 0 fully saturated rings. The Morgan fingerprint density at radius 1 is 1.25 bits per heavy atom. The fourth-order valence-corrected chi connectivity index (χ4v) is 1.65. The van der Waals surface area contributed by atoms with Gasteiger partial charge in [0.2, 0.25) is 11.8 Å². The molecule has 0 aromatic heterocycles. The van der Waals surface area contributed by atoms with Crippen molar-refractivity contribution in [2.24, 2.45) is 5.73 Å². The number of benzene rings is 1. The summed E-state index contributed by atoms with van der Waals surface area (Å²) in [5, 5.41) is 14.3. The Morgan fingerprint density at radius 3 is 2.40 bits per heavy atom. The zero-order valence-corrected chi connectivity index (χ0v) is 11.7. The minimum Gasteiger partial charge on any atom is -0.508 e. The molecule has 6 nitrogen and oxygen atoms in total. The highest BCUT2D eigenvalue weighted by molar-refractivity contribution is 5.87. The predicted octanol–water partition coefficient (Wildman–Crippen LogP) is -0.0972.